The molecule has 0 saturated carbocycles. The molecule has 0 fully saturated rings. The van der Waals surface area contributed by atoms with Gasteiger partial charge in [0.05, 0.1) is 5.60 Å². The maximum atomic E-state index is 9.39. The number of hydrogen-bond donors (Lipinski definition) is 2. The Morgan fingerprint density at radius 3 is 1.83 bits per heavy atom. The molecule has 5 heteroatoms. The van der Waals surface area contributed by atoms with Gasteiger partial charge in [-0.1, -0.05) is 0 Å². The van der Waals surface area contributed by atoms with Gasteiger partial charge in [0.15, 0.2) is 0 Å². The van der Waals surface area contributed by atoms with Gasteiger partial charge < -0.3 is 16.5 Å². The summed E-state index contributed by atoms with van der Waals surface area (Å²) < 4.78 is 0. The second kappa shape index (κ2) is 9.64. The first-order valence-corrected chi connectivity index (χ1v) is 3.04. The molecule has 66 valence electrons. The number of hydrogen-bond acceptors (Lipinski definition) is 2. The molecule has 4 nitrogen and oxygen atoms in total. The number of carbonyl (C=O) groups is 1. The smallest absolute Gasteiger partial charge is 1.00 e. The molecule has 0 aliphatic rings. The van der Waals surface area contributed by atoms with E-state index in [1.165, 1.54) is 0 Å². The molecule has 12 heavy (non-hydrogen) atoms. The zero-order valence-corrected chi connectivity index (χ0v) is 11.1. The van der Waals surface area contributed by atoms with Crippen LogP contribution in [0.3, 0.4) is 0 Å². The van der Waals surface area contributed by atoms with E-state index in [4.69, 9.17) is 16.8 Å². The molecule has 0 aromatic carbocycles. The minimum Gasteiger partial charge on any atom is -1.00 e. The average molecular weight is 199 g/mol. The Bertz CT molecular complexity index is 156. The van der Waals surface area contributed by atoms with Gasteiger partial charge in [-0.15, -0.1) is 0 Å². The van der Waals surface area contributed by atoms with E-state index in [1.54, 1.807) is 20.8 Å². The number of rotatable bonds is 1. The summed E-state index contributed by atoms with van der Waals surface area (Å²) in [6.07, 6.45) is 0. The van der Waals surface area contributed by atoms with Gasteiger partial charge in [0.25, 0.3) is 0 Å². The predicted molar refractivity (Wildman–Crippen MR) is 42.2 cm³/mol. The molecule has 0 aliphatic heterocycles. The zero-order valence-electron chi connectivity index (χ0n) is 8.96. The Balaban J connectivity index is -0.0000000546. The van der Waals surface area contributed by atoms with Gasteiger partial charge in [-0.05, 0) is 20.8 Å². The van der Waals surface area contributed by atoms with Crippen LogP contribution >= 0.6 is 0 Å². The molecule has 0 aromatic rings. The van der Waals surface area contributed by atoms with Crippen molar-refractivity contribution in [2.24, 2.45) is 0 Å². The van der Waals surface area contributed by atoms with Gasteiger partial charge in [-0.2, -0.15) is 0 Å². The van der Waals surface area contributed by atoms with E-state index in [0.717, 1.165) is 0 Å². The van der Waals surface area contributed by atoms with Crippen molar-refractivity contribution in [2.45, 2.75) is 26.4 Å². The van der Waals surface area contributed by atoms with Crippen LogP contribution in [0, 0.1) is 6.57 Å². The standard InChI is InChI=1S/C4H10O.C3H3NO2.K.H/c1-4(2,3)5;1-4-2-3(5)6;;/h5H,1-3H3;2H2,(H,5,6);;/q;;+1;-1. The third-order valence-corrected chi connectivity index (χ3v) is 0.214. The normalized spacial score (nSPS) is 8.25. The summed E-state index contributed by atoms with van der Waals surface area (Å²) in [5.41, 5.74) is -0.500. The molecule has 0 aliphatic carbocycles. The maximum Gasteiger partial charge on any atom is 1.00 e. The van der Waals surface area contributed by atoms with Gasteiger partial charge in [0.2, 0.25) is 0 Å². The Kier molecular flexibility index (Phi) is 14.8. The fraction of sp³-hybridized carbons (Fsp3) is 0.714. The number of carboxylic acids is 1. The predicted octanol–water partition coefficient (Wildman–Crippen LogP) is -2.12. The van der Waals surface area contributed by atoms with Crippen molar-refractivity contribution < 1.29 is 67.8 Å². The Labute approximate surface area is 117 Å². The molecule has 0 spiro atoms. The minimum atomic E-state index is -1.06. The van der Waals surface area contributed by atoms with Crippen molar-refractivity contribution in [1.82, 2.24) is 0 Å². The second-order valence-corrected chi connectivity index (χ2v) is 2.88. The van der Waals surface area contributed by atoms with Crippen LogP contribution in [0.15, 0.2) is 0 Å². The van der Waals surface area contributed by atoms with Crippen molar-refractivity contribution >= 4 is 5.97 Å². The maximum absolute atomic E-state index is 9.39. The molecule has 0 aromatic heterocycles. The molecule has 0 radical (unpaired) electrons. The molecule has 0 bridgehead atoms. The summed E-state index contributed by atoms with van der Waals surface area (Å²) in [6, 6.07) is 0. The first kappa shape index (κ1) is 18.4. The van der Waals surface area contributed by atoms with Crippen LogP contribution in [0.4, 0.5) is 0 Å². The van der Waals surface area contributed by atoms with Gasteiger partial charge >= 0.3 is 63.9 Å². The fourth-order valence-corrected chi connectivity index (χ4v) is 0.0676. The topological polar surface area (TPSA) is 61.9 Å². The quantitative estimate of drug-likeness (QED) is 0.375. The van der Waals surface area contributed by atoms with E-state index in [1.807, 2.05) is 0 Å². The van der Waals surface area contributed by atoms with Gasteiger partial charge in [-0.3, -0.25) is 0 Å². The van der Waals surface area contributed by atoms with E-state index in [0.29, 0.717) is 0 Å². The van der Waals surface area contributed by atoms with Crippen LogP contribution in [-0.2, 0) is 4.79 Å². The summed E-state index contributed by atoms with van der Waals surface area (Å²) in [5, 5.41) is 16.2. The number of nitrogens with zero attached hydrogens (tertiary/aromatic N) is 1. The van der Waals surface area contributed by atoms with Gasteiger partial charge in [0.1, 0.15) is 0 Å². The third-order valence-electron chi connectivity index (χ3n) is 0.214. The minimum absolute atomic E-state index is 0. The second-order valence-electron chi connectivity index (χ2n) is 2.88. The van der Waals surface area contributed by atoms with E-state index in [9.17, 15) is 4.79 Å². The summed E-state index contributed by atoms with van der Waals surface area (Å²) >= 11 is 0. The molecule has 0 amide bonds. The average Bonchev–Trinajstić information content (AvgIpc) is 1.58. The molecular formula is C7H14KNO3. The monoisotopic (exact) mass is 199 g/mol. The summed E-state index contributed by atoms with van der Waals surface area (Å²) in [6.45, 7) is 10.8. The van der Waals surface area contributed by atoms with Crippen LogP contribution < -0.4 is 51.4 Å². The van der Waals surface area contributed by atoms with Crippen LogP contribution in [0.25, 0.3) is 4.85 Å². The molecule has 0 atom stereocenters. The van der Waals surface area contributed by atoms with E-state index < -0.39 is 18.1 Å². The number of aliphatic carboxylic acids is 1. The van der Waals surface area contributed by atoms with Crippen molar-refractivity contribution in [3.63, 3.8) is 0 Å². The molecule has 0 unspecified atom stereocenters. The van der Waals surface area contributed by atoms with Crippen LogP contribution in [-0.4, -0.2) is 28.3 Å². The molecule has 0 heterocycles. The Morgan fingerprint density at radius 1 is 1.58 bits per heavy atom. The molecule has 0 rings (SSSR count). The van der Waals surface area contributed by atoms with Crippen LogP contribution in [0.5, 0.6) is 0 Å². The molecule has 0 saturated heterocycles. The van der Waals surface area contributed by atoms with Crippen molar-refractivity contribution in [3.8, 4) is 0 Å². The summed E-state index contributed by atoms with van der Waals surface area (Å²) in [7, 11) is 0. The van der Waals surface area contributed by atoms with Crippen LogP contribution in [0.1, 0.15) is 22.2 Å². The van der Waals surface area contributed by atoms with E-state index in [-0.39, 0.29) is 52.8 Å². The van der Waals surface area contributed by atoms with Crippen molar-refractivity contribution in [2.75, 3.05) is 6.54 Å². The Hall–Kier alpha value is 0.556. The Morgan fingerprint density at radius 2 is 1.83 bits per heavy atom. The number of aliphatic hydroxyl groups is 1. The van der Waals surface area contributed by atoms with Gasteiger partial charge in [-0.25, -0.2) is 11.4 Å². The molecule has 2 N–H and O–H groups in total. The largest absolute Gasteiger partial charge is 1.00 e. The van der Waals surface area contributed by atoms with Crippen LogP contribution in [0.2, 0.25) is 0 Å². The van der Waals surface area contributed by atoms with Crippen molar-refractivity contribution in [1.29, 1.82) is 0 Å². The number of carboxylic acid groups (broad SMARTS) is 1. The first-order chi connectivity index (χ1) is 4.77. The van der Waals surface area contributed by atoms with Crippen molar-refractivity contribution in [3.05, 3.63) is 11.4 Å². The SMILES string of the molecule is CC(C)(C)O.[C-]#[N+]CC(=O)O.[H-].[K+]. The van der Waals surface area contributed by atoms with E-state index >= 15 is 0 Å². The zero-order chi connectivity index (χ0) is 9.49. The first-order valence-electron chi connectivity index (χ1n) is 3.04. The third kappa shape index (κ3) is 76.2. The fourth-order valence-electron chi connectivity index (χ4n) is 0.0676. The van der Waals surface area contributed by atoms with E-state index in [2.05, 4.69) is 4.85 Å². The molecular weight excluding hydrogens is 185 g/mol. The van der Waals surface area contributed by atoms with Gasteiger partial charge in [0, 0.05) is 0 Å². The summed E-state index contributed by atoms with van der Waals surface area (Å²) in [5.74, 6) is -1.06. The summed E-state index contributed by atoms with van der Waals surface area (Å²) in [4.78, 5) is 12.0.